The molecule has 16 heavy (non-hydrogen) atoms. The Labute approximate surface area is 92.2 Å². The molecular formula is C11H10N2O3. The first-order valence-electron chi connectivity index (χ1n) is 4.95. The van der Waals surface area contributed by atoms with Crippen LogP contribution < -0.4 is 0 Å². The summed E-state index contributed by atoms with van der Waals surface area (Å²) in [7, 11) is 0. The smallest absolute Gasteiger partial charge is 0.376 e. The van der Waals surface area contributed by atoms with Gasteiger partial charge in [-0.05, 0) is 13.0 Å². The van der Waals surface area contributed by atoms with Gasteiger partial charge in [0, 0.05) is 0 Å². The first-order valence-corrected chi connectivity index (χ1v) is 4.95. The zero-order valence-corrected chi connectivity index (χ0v) is 8.71. The van der Waals surface area contributed by atoms with Gasteiger partial charge >= 0.3 is 5.97 Å². The number of carbonyl (C=O) groups excluding carboxylic acids is 2. The van der Waals surface area contributed by atoms with E-state index < -0.39 is 11.9 Å². The summed E-state index contributed by atoms with van der Waals surface area (Å²) in [5.74, 6) is -1.67. The Morgan fingerprint density at radius 2 is 2.25 bits per heavy atom. The number of carbonyl (C=O) groups is 2. The van der Waals surface area contributed by atoms with Crippen molar-refractivity contribution in [3.8, 4) is 0 Å². The molecule has 5 nitrogen and oxygen atoms in total. The topological polar surface area (TPSA) is 68.1 Å². The molecule has 2 rings (SSSR count). The molecule has 82 valence electrons. The lowest BCUT2D eigenvalue weighted by molar-refractivity contribution is -0.135. The van der Waals surface area contributed by atoms with E-state index in [1.807, 2.05) is 0 Å². The summed E-state index contributed by atoms with van der Waals surface area (Å²) in [5.41, 5.74) is 0.533. The second kappa shape index (κ2) is 4.22. The minimum Gasteiger partial charge on any atom is -0.460 e. The van der Waals surface area contributed by atoms with E-state index in [1.165, 1.54) is 0 Å². The lowest BCUT2D eigenvalue weighted by Gasteiger charge is -2.16. The zero-order chi connectivity index (χ0) is 11.5. The highest BCUT2D eigenvalue weighted by Crippen LogP contribution is 2.16. The Hall–Kier alpha value is -2.04. The first-order chi connectivity index (χ1) is 7.72. The fourth-order valence-electron chi connectivity index (χ4n) is 1.46. The van der Waals surface area contributed by atoms with Crippen molar-refractivity contribution in [2.24, 2.45) is 15.9 Å². The summed E-state index contributed by atoms with van der Waals surface area (Å²) < 4.78 is 4.74. The Morgan fingerprint density at radius 3 is 3.00 bits per heavy atom. The van der Waals surface area contributed by atoms with Crippen molar-refractivity contribution >= 4 is 23.4 Å². The van der Waals surface area contributed by atoms with Crippen molar-refractivity contribution in [3.63, 3.8) is 0 Å². The quantitative estimate of drug-likeness (QED) is 0.640. The predicted molar refractivity (Wildman–Crippen MR) is 58.3 cm³/mol. The number of fused-ring (bicyclic) bond motifs is 1. The Bertz CT molecular complexity index is 458. The van der Waals surface area contributed by atoms with Gasteiger partial charge in [-0.25, -0.2) is 9.79 Å². The van der Waals surface area contributed by atoms with Gasteiger partial charge in [-0.1, -0.05) is 18.2 Å². The summed E-state index contributed by atoms with van der Waals surface area (Å²) in [6.07, 6.45) is 6.91. The maximum absolute atomic E-state index is 11.6. The number of aliphatic imine (C=N–C) groups is 2. The predicted octanol–water partition coefficient (Wildman–Crippen LogP) is 0.671. The van der Waals surface area contributed by atoms with Crippen molar-refractivity contribution in [2.75, 3.05) is 6.61 Å². The van der Waals surface area contributed by atoms with Crippen LogP contribution in [0.3, 0.4) is 0 Å². The molecule has 1 amide bonds. The Morgan fingerprint density at radius 1 is 1.44 bits per heavy atom. The second-order valence-electron chi connectivity index (χ2n) is 3.25. The Balaban J connectivity index is 2.28. The number of hydrogen-bond acceptors (Lipinski definition) is 4. The van der Waals surface area contributed by atoms with E-state index >= 15 is 0 Å². The summed E-state index contributed by atoms with van der Waals surface area (Å²) >= 11 is 0. The average molecular weight is 218 g/mol. The van der Waals surface area contributed by atoms with Crippen molar-refractivity contribution in [1.29, 1.82) is 0 Å². The van der Waals surface area contributed by atoms with Crippen LogP contribution in [-0.2, 0) is 14.3 Å². The van der Waals surface area contributed by atoms with Crippen LogP contribution in [-0.4, -0.2) is 30.0 Å². The number of amides is 1. The van der Waals surface area contributed by atoms with E-state index in [0.29, 0.717) is 5.71 Å². The number of nitrogens with zero attached hydrogens (tertiary/aromatic N) is 2. The molecular weight excluding hydrogens is 208 g/mol. The first kappa shape index (κ1) is 10.5. The molecule has 0 saturated carbocycles. The number of rotatable bonds is 2. The van der Waals surface area contributed by atoms with E-state index in [1.54, 1.807) is 31.2 Å². The molecule has 1 unspecified atom stereocenters. The monoisotopic (exact) mass is 218 g/mol. The van der Waals surface area contributed by atoms with Crippen LogP contribution in [0.5, 0.6) is 0 Å². The van der Waals surface area contributed by atoms with Crippen molar-refractivity contribution in [1.82, 2.24) is 0 Å². The third kappa shape index (κ3) is 1.84. The maximum atomic E-state index is 11.6. The van der Waals surface area contributed by atoms with E-state index in [-0.39, 0.29) is 18.3 Å². The average Bonchev–Trinajstić information content (AvgIpc) is 2.29. The molecule has 1 atom stereocenters. The summed E-state index contributed by atoms with van der Waals surface area (Å²) in [6.45, 7) is 1.92. The molecule has 2 aliphatic rings. The van der Waals surface area contributed by atoms with Crippen LogP contribution in [0.25, 0.3) is 0 Å². The van der Waals surface area contributed by atoms with Gasteiger partial charge in [0.2, 0.25) is 5.84 Å². The fraction of sp³-hybridized carbons (Fsp3) is 0.273. The molecule has 0 aromatic carbocycles. The normalized spacial score (nSPS) is 22.3. The zero-order valence-electron chi connectivity index (χ0n) is 8.71. The number of allylic oxidation sites excluding steroid dienone is 3. The molecule has 1 heterocycles. The molecule has 0 bridgehead atoms. The van der Waals surface area contributed by atoms with Crippen molar-refractivity contribution < 1.29 is 14.3 Å². The molecule has 0 aromatic heterocycles. The van der Waals surface area contributed by atoms with E-state index in [9.17, 15) is 9.59 Å². The van der Waals surface area contributed by atoms with Gasteiger partial charge in [0.05, 0.1) is 12.3 Å². The molecule has 0 radical (unpaired) electrons. The highest BCUT2D eigenvalue weighted by molar-refractivity contribution is 6.42. The van der Waals surface area contributed by atoms with Gasteiger partial charge < -0.3 is 4.74 Å². The highest BCUT2D eigenvalue weighted by Gasteiger charge is 2.29. The van der Waals surface area contributed by atoms with Crippen molar-refractivity contribution in [3.05, 3.63) is 24.3 Å². The van der Waals surface area contributed by atoms with Gasteiger partial charge in [-0.3, -0.25) is 4.79 Å². The lowest BCUT2D eigenvalue weighted by atomic mass is 9.96. The van der Waals surface area contributed by atoms with E-state index in [0.717, 1.165) is 0 Å². The third-order valence-corrected chi connectivity index (χ3v) is 2.18. The second-order valence-corrected chi connectivity index (χ2v) is 3.25. The molecule has 0 spiro atoms. The molecule has 0 N–H and O–H groups in total. The molecule has 5 heteroatoms. The molecule has 1 aliphatic heterocycles. The van der Waals surface area contributed by atoms with Crippen LogP contribution in [0, 0.1) is 5.92 Å². The standard InChI is InChI=1S/C11H10N2O3/c1-2-16-11(15)9-12-8-6-4-3-5-7(8)10(14)13-9/h3-7H,2H2,1H3. The Kier molecular flexibility index (Phi) is 2.76. The van der Waals surface area contributed by atoms with Crippen LogP contribution >= 0.6 is 0 Å². The maximum Gasteiger partial charge on any atom is 0.376 e. The minimum atomic E-state index is -0.662. The minimum absolute atomic E-state index is 0.168. The molecule has 0 saturated heterocycles. The van der Waals surface area contributed by atoms with Gasteiger partial charge in [0.15, 0.2) is 0 Å². The molecule has 0 aromatic rings. The third-order valence-electron chi connectivity index (χ3n) is 2.18. The van der Waals surface area contributed by atoms with Crippen molar-refractivity contribution in [2.45, 2.75) is 6.92 Å². The largest absolute Gasteiger partial charge is 0.460 e. The van der Waals surface area contributed by atoms with Crippen LogP contribution in [0.2, 0.25) is 0 Å². The van der Waals surface area contributed by atoms with E-state index in [4.69, 9.17) is 4.74 Å². The van der Waals surface area contributed by atoms with Gasteiger partial charge in [0.25, 0.3) is 5.91 Å². The number of amidine groups is 1. The molecule has 1 aliphatic carbocycles. The highest BCUT2D eigenvalue weighted by atomic mass is 16.5. The van der Waals surface area contributed by atoms with Crippen LogP contribution in [0.4, 0.5) is 0 Å². The molecule has 0 fully saturated rings. The van der Waals surface area contributed by atoms with E-state index in [2.05, 4.69) is 9.98 Å². The lowest BCUT2D eigenvalue weighted by Crippen LogP contribution is -2.30. The number of hydrogen-bond donors (Lipinski definition) is 0. The fourth-order valence-corrected chi connectivity index (χ4v) is 1.46. The van der Waals surface area contributed by atoms with Gasteiger partial charge in [0.1, 0.15) is 5.92 Å². The SMILES string of the molecule is CCOC(=O)C1=NC(=O)C2C=CC=CC2=N1. The summed E-state index contributed by atoms with van der Waals surface area (Å²) in [5, 5.41) is 0. The summed E-state index contributed by atoms with van der Waals surface area (Å²) in [6, 6.07) is 0. The van der Waals surface area contributed by atoms with Gasteiger partial charge in [-0.2, -0.15) is 4.99 Å². The number of ether oxygens (including phenoxy) is 1. The summed E-state index contributed by atoms with van der Waals surface area (Å²) in [4.78, 5) is 30.6. The van der Waals surface area contributed by atoms with Gasteiger partial charge in [-0.15, -0.1) is 0 Å². The van der Waals surface area contributed by atoms with Crippen LogP contribution in [0.15, 0.2) is 34.3 Å². The number of esters is 1. The van der Waals surface area contributed by atoms with Crippen LogP contribution in [0.1, 0.15) is 6.92 Å².